The summed E-state index contributed by atoms with van der Waals surface area (Å²) in [6.45, 7) is 3.17. The van der Waals surface area contributed by atoms with Crippen molar-refractivity contribution in [2.24, 2.45) is 0 Å². The molecular formula is C18H17BrFN3OS. The lowest BCUT2D eigenvalue weighted by atomic mass is 10.2. The maximum absolute atomic E-state index is 13.0. The van der Waals surface area contributed by atoms with Crippen LogP contribution in [0.1, 0.15) is 18.3 Å². The molecule has 0 aliphatic heterocycles. The fourth-order valence-electron chi connectivity index (χ4n) is 2.26. The Morgan fingerprint density at radius 3 is 2.48 bits per heavy atom. The maximum Gasteiger partial charge on any atom is 0.191 e. The van der Waals surface area contributed by atoms with Crippen LogP contribution in [0.5, 0.6) is 5.75 Å². The Bertz CT molecular complexity index is 754. The lowest BCUT2D eigenvalue weighted by Gasteiger charge is -2.09. The molecule has 130 valence electrons. The summed E-state index contributed by atoms with van der Waals surface area (Å²) in [6, 6.07) is 14.2. The van der Waals surface area contributed by atoms with Gasteiger partial charge in [0.05, 0.1) is 0 Å². The third-order valence-electron chi connectivity index (χ3n) is 3.57. The van der Waals surface area contributed by atoms with Crippen LogP contribution in [0.3, 0.4) is 0 Å². The van der Waals surface area contributed by atoms with Crippen molar-refractivity contribution in [1.29, 1.82) is 0 Å². The molecule has 2 aromatic carbocycles. The Morgan fingerprint density at radius 1 is 1.08 bits per heavy atom. The predicted octanol–water partition coefficient (Wildman–Crippen LogP) is 5.07. The normalized spacial score (nSPS) is 10.8. The molecule has 0 bridgehead atoms. The highest BCUT2D eigenvalue weighted by Gasteiger charge is 2.12. The minimum absolute atomic E-state index is 0.224. The molecule has 0 spiro atoms. The summed E-state index contributed by atoms with van der Waals surface area (Å²) in [5.41, 5.74) is 1.05. The van der Waals surface area contributed by atoms with Gasteiger partial charge in [0.1, 0.15) is 18.2 Å². The zero-order chi connectivity index (χ0) is 17.6. The first kappa shape index (κ1) is 17.9. The second-order valence-corrected chi connectivity index (χ2v) is 7.16. The van der Waals surface area contributed by atoms with Crippen molar-refractivity contribution in [3.05, 3.63) is 70.2 Å². The van der Waals surface area contributed by atoms with E-state index >= 15 is 0 Å². The molecule has 1 heterocycles. The van der Waals surface area contributed by atoms with E-state index in [1.807, 2.05) is 28.8 Å². The summed E-state index contributed by atoms with van der Waals surface area (Å²) in [4.78, 5) is 0. The Balaban J connectivity index is 1.63. The number of thioether (sulfide) groups is 1. The second kappa shape index (κ2) is 8.49. The molecule has 0 fully saturated rings. The maximum atomic E-state index is 13.0. The largest absolute Gasteiger partial charge is 0.486 e. The fraction of sp³-hybridized carbons (Fsp3) is 0.222. The van der Waals surface area contributed by atoms with Crippen molar-refractivity contribution >= 4 is 27.7 Å². The Hall–Kier alpha value is -1.86. The SMILES string of the molecule is CCn1c(COc2ccc(Br)cc2)nnc1SCc1ccc(F)cc1. The number of hydrogen-bond donors (Lipinski definition) is 0. The predicted molar refractivity (Wildman–Crippen MR) is 100 cm³/mol. The van der Waals surface area contributed by atoms with Crippen LogP contribution in [0, 0.1) is 5.82 Å². The van der Waals surface area contributed by atoms with Gasteiger partial charge in [-0.3, -0.25) is 0 Å². The zero-order valence-corrected chi connectivity index (χ0v) is 16.1. The van der Waals surface area contributed by atoms with Crippen LogP contribution in [0.4, 0.5) is 4.39 Å². The van der Waals surface area contributed by atoms with Gasteiger partial charge in [0, 0.05) is 16.8 Å². The summed E-state index contributed by atoms with van der Waals surface area (Å²) in [5.74, 6) is 2.06. The van der Waals surface area contributed by atoms with E-state index in [0.29, 0.717) is 12.4 Å². The number of hydrogen-bond acceptors (Lipinski definition) is 4. The smallest absolute Gasteiger partial charge is 0.191 e. The van der Waals surface area contributed by atoms with Crippen molar-refractivity contribution in [3.63, 3.8) is 0 Å². The van der Waals surface area contributed by atoms with Crippen LogP contribution in [0.2, 0.25) is 0 Å². The average molecular weight is 422 g/mol. The fourth-order valence-corrected chi connectivity index (χ4v) is 3.50. The second-order valence-electron chi connectivity index (χ2n) is 5.30. The molecule has 3 rings (SSSR count). The molecule has 0 amide bonds. The van der Waals surface area contributed by atoms with Crippen LogP contribution >= 0.6 is 27.7 Å². The van der Waals surface area contributed by atoms with Gasteiger partial charge < -0.3 is 9.30 Å². The summed E-state index contributed by atoms with van der Waals surface area (Å²) < 4.78 is 21.8. The van der Waals surface area contributed by atoms with E-state index in [0.717, 1.165) is 33.3 Å². The van der Waals surface area contributed by atoms with Crippen molar-refractivity contribution in [2.45, 2.75) is 31.0 Å². The van der Waals surface area contributed by atoms with Crippen LogP contribution in [-0.4, -0.2) is 14.8 Å². The van der Waals surface area contributed by atoms with E-state index in [1.54, 1.807) is 23.9 Å². The van der Waals surface area contributed by atoms with E-state index < -0.39 is 0 Å². The minimum Gasteiger partial charge on any atom is -0.486 e. The van der Waals surface area contributed by atoms with Crippen LogP contribution in [-0.2, 0) is 18.9 Å². The number of rotatable bonds is 7. The molecule has 7 heteroatoms. The standard InChI is InChI=1S/C18H17BrFN3OS/c1-2-23-17(11-24-16-9-5-14(19)6-10-16)21-22-18(23)25-12-13-3-7-15(20)8-4-13/h3-10H,2,11-12H2,1H3. The monoisotopic (exact) mass is 421 g/mol. The van der Waals surface area contributed by atoms with Crippen molar-refractivity contribution in [3.8, 4) is 5.75 Å². The first-order chi connectivity index (χ1) is 12.2. The number of halogens is 2. The summed E-state index contributed by atoms with van der Waals surface area (Å²) in [7, 11) is 0. The molecule has 0 saturated heterocycles. The highest BCUT2D eigenvalue weighted by Crippen LogP contribution is 2.23. The Labute approximate surface area is 158 Å². The number of aromatic nitrogens is 3. The van der Waals surface area contributed by atoms with E-state index in [4.69, 9.17) is 4.74 Å². The molecule has 0 atom stereocenters. The van der Waals surface area contributed by atoms with Crippen molar-refractivity contribution in [2.75, 3.05) is 0 Å². The van der Waals surface area contributed by atoms with E-state index in [-0.39, 0.29) is 5.82 Å². The molecular weight excluding hydrogens is 405 g/mol. The third kappa shape index (κ3) is 4.83. The highest BCUT2D eigenvalue weighted by molar-refractivity contribution is 9.10. The first-order valence-electron chi connectivity index (χ1n) is 7.83. The average Bonchev–Trinajstić information content (AvgIpc) is 3.02. The molecule has 0 unspecified atom stereocenters. The first-order valence-corrected chi connectivity index (χ1v) is 9.61. The summed E-state index contributed by atoms with van der Waals surface area (Å²) in [5, 5.41) is 9.34. The van der Waals surface area contributed by atoms with Crippen molar-refractivity contribution < 1.29 is 9.13 Å². The van der Waals surface area contributed by atoms with E-state index in [1.165, 1.54) is 12.1 Å². The van der Waals surface area contributed by atoms with Gasteiger partial charge in [-0.2, -0.15) is 0 Å². The molecule has 0 saturated carbocycles. The van der Waals surface area contributed by atoms with E-state index in [2.05, 4.69) is 33.1 Å². The molecule has 0 aliphatic rings. The van der Waals surface area contributed by atoms with Gasteiger partial charge in [0.25, 0.3) is 0 Å². The zero-order valence-electron chi connectivity index (χ0n) is 13.7. The molecule has 0 aliphatic carbocycles. The Morgan fingerprint density at radius 2 is 1.80 bits per heavy atom. The van der Waals surface area contributed by atoms with Gasteiger partial charge in [-0.15, -0.1) is 10.2 Å². The van der Waals surface area contributed by atoms with Crippen molar-refractivity contribution in [1.82, 2.24) is 14.8 Å². The lowest BCUT2D eigenvalue weighted by Crippen LogP contribution is -2.07. The molecule has 0 N–H and O–H groups in total. The minimum atomic E-state index is -0.224. The number of nitrogens with zero attached hydrogens (tertiary/aromatic N) is 3. The molecule has 25 heavy (non-hydrogen) atoms. The van der Waals surface area contributed by atoms with E-state index in [9.17, 15) is 4.39 Å². The Kier molecular flexibility index (Phi) is 6.09. The topological polar surface area (TPSA) is 39.9 Å². The summed E-state index contributed by atoms with van der Waals surface area (Å²) >= 11 is 4.98. The van der Waals surface area contributed by atoms with Gasteiger partial charge >= 0.3 is 0 Å². The lowest BCUT2D eigenvalue weighted by molar-refractivity contribution is 0.288. The van der Waals surface area contributed by atoms with Gasteiger partial charge in [0.15, 0.2) is 11.0 Å². The molecule has 4 nitrogen and oxygen atoms in total. The number of benzene rings is 2. The van der Waals surface area contributed by atoms with Crippen LogP contribution < -0.4 is 4.74 Å². The third-order valence-corrected chi connectivity index (χ3v) is 5.14. The molecule has 1 aromatic heterocycles. The van der Waals surface area contributed by atoms with Gasteiger partial charge in [-0.25, -0.2) is 4.39 Å². The summed E-state index contributed by atoms with van der Waals surface area (Å²) in [6.07, 6.45) is 0. The van der Waals surface area contributed by atoms with Gasteiger partial charge in [-0.1, -0.05) is 39.8 Å². The number of ether oxygens (including phenoxy) is 1. The quantitative estimate of drug-likeness (QED) is 0.499. The van der Waals surface area contributed by atoms with Gasteiger partial charge in [-0.05, 0) is 48.9 Å². The molecule has 3 aromatic rings. The van der Waals surface area contributed by atoms with Crippen LogP contribution in [0.15, 0.2) is 58.2 Å². The highest BCUT2D eigenvalue weighted by atomic mass is 79.9. The van der Waals surface area contributed by atoms with Crippen LogP contribution in [0.25, 0.3) is 0 Å². The van der Waals surface area contributed by atoms with Gasteiger partial charge in [0.2, 0.25) is 0 Å². The molecule has 0 radical (unpaired) electrons.